The number of Topliss-reactive ketones (excluding diaryl/α,β-unsaturated/α-hetero) is 1. The van der Waals surface area contributed by atoms with Crippen LogP contribution in [0.3, 0.4) is 0 Å². The number of benzene rings is 2. The van der Waals surface area contributed by atoms with Gasteiger partial charge in [0.2, 0.25) is 11.7 Å². The van der Waals surface area contributed by atoms with E-state index in [1.54, 1.807) is 24.3 Å². The summed E-state index contributed by atoms with van der Waals surface area (Å²) in [6.45, 7) is -0.211. The van der Waals surface area contributed by atoms with Crippen LogP contribution in [-0.4, -0.2) is 24.1 Å². The minimum absolute atomic E-state index is 0.0707. The van der Waals surface area contributed by atoms with Crippen LogP contribution in [0.25, 0.3) is 0 Å². The van der Waals surface area contributed by atoms with Gasteiger partial charge in [0.05, 0.1) is 11.5 Å². The van der Waals surface area contributed by atoms with E-state index in [1.165, 1.54) is 11.0 Å². The van der Waals surface area contributed by atoms with Crippen molar-refractivity contribution in [1.29, 1.82) is 0 Å². The second-order valence-corrected chi connectivity index (χ2v) is 6.12. The lowest BCUT2D eigenvalue weighted by molar-refractivity contribution is -0.138. The Hall–Kier alpha value is -3.29. The van der Waals surface area contributed by atoms with Gasteiger partial charge in [-0.25, -0.2) is 8.78 Å². The van der Waals surface area contributed by atoms with Crippen LogP contribution in [0.5, 0.6) is 5.75 Å². The van der Waals surface area contributed by atoms with Crippen molar-refractivity contribution < 1.29 is 27.9 Å². The lowest BCUT2D eigenvalue weighted by atomic mass is 10.0. The van der Waals surface area contributed by atoms with Crippen molar-refractivity contribution in [2.75, 3.05) is 11.4 Å². The molecule has 1 saturated heterocycles. The van der Waals surface area contributed by atoms with Gasteiger partial charge in [-0.3, -0.25) is 14.4 Å². The zero-order valence-electron chi connectivity index (χ0n) is 14.2. The third-order valence-electron chi connectivity index (χ3n) is 4.33. The Labute approximate surface area is 153 Å². The third kappa shape index (κ3) is 3.94. The van der Waals surface area contributed by atoms with Crippen molar-refractivity contribution in [3.8, 4) is 5.75 Å². The third-order valence-corrected chi connectivity index (χ3v) is 4.33. The molecule has 27 heavy (non-hydrogen) atoms. The number of carbonyl (C=O) groups excluding carboxylic acids is 3. The summed E-state index contributed by atoms with van der Waals surface area (Å²) in [4.78, 5) is 36.1. The molecule has 0 aromatic heterocycles. The van der Waals surface area contributed by atoms with Crippen LogP contribution in [-0.2, 0) is 21.0 Å². The maximum absolute atomic E-state index is 13.6. The number of hydrogen-bond donors (Lipinski definition) is 1. The molecule has 0 radical (unpaired) electrons. The molecule has 1 aliphatic rings. The Morgan fingerprint density at radius 1 is 1.11 bits per heavy atom. The number of ketones is 1. The van der Waals surface area contributed by atoms with E-state index in [2.05, 4.69) is 0 Å². The quantitative estimate of drug-likeness (QED) is 0.783. The molecule has 1 heterocycles. The van der Waals surface area contributed by atoms with Gasteiger partial charge in [0, 0.05) is 18.7 Å². The molecule has 0 aliphatic carbocycles. The molecule has 2 N–H and O–H groups in total. The number of nitrogens with two attached hydrogens (primary N) is 1. The van der Waals surface area contributed by atoms with E-state index in [4.69, 9.17) is 10.5 Å². The van der Waals surface area contributed by atoms with Crippen LogP contribution in [0, 0.1) is 17.6 Å². The molecule has 0 spiro atoms. The van der Waals surface area contributed by atoms with E-state index >= 15 is 0 Å². The number of amides is 2. The number of anilines is 1. The van der Waals surface area contributed by atoms with E-state index in [9.17, 15) is 23.2 Å². The number of halogens is 2. The SMILES string of the molecule is NC(=O)C(=O)C1CC(=O)N(c2ccc(OCc3c(F)cccc3F)cc2)C1. The lowest BCUT2D eigenvalue weighted by Gasteiger charge is -2.17. The molecule has 8 heteroatoms. The summed E-state index contributed by atoms with van der Waals surface area (Å²) in [5, 5.41) is 0. The van der Waals surface area contributed by atoms with Gasteiger partial charge in [-0.2, -0.15) is 0 Å². The highest BCUT2D eigenvalue weighted by Gasteiger charge is 2.36. The lowest BCUT2D eigenvalue weighted by Crippen LogP contribution is -2.32. The molecule has 6 nitrogen and oxygen atoms in total. The molecule has 1 atom stereocenters. The fraction of sp³-hybridized carbons (Fsp3) is 0.211. The van der Waals surface area contributed by atoms with Gasteiger partial charge in [0.25, 0.3) is 5.91 Å². The number of carbonyl (C=O) groups is 3. The van der Waals surface area contributed by atoms with Crippen molar-refractivity contribution in [1.82, 2.24) is 0 Å². The second kappa shape index (κ2) is 7.53. The monoisotopic (exact) mass is 374 g/mol. The summed E-state index contributed by atoms with van der Waals surface area (Å²) >= 11 is 0. The zero-order valence-corrected chi connectivity index (χ0v) is 14.2. The van der Waals surface area contributed by atoms with Crippen LogP contribution >= 0.6 is 0 Å². The predicted molar refractivity (Wildman–Crippen MR) is 91.8 cm³/mol. The first kappa shape index (κ1) is 18.5. The molecule has 0 saturated carbocycles. The first-order chi connectivity index (χ1) is 12.9. The highest BCUT2D eigenvalue weighted by molar-refractivity contribution is 6.37. The van der Waals surface area contributed by atoms with Gasteiger partial charge < -0.3 is 15.4 Å². The van der Waals surface area contributed by atoms with Crippen molar-refractivity contribution in [2.45, 2.75) is 13.0 Å². The van der Waals surface area contributed by atoms with Gasteiger partial charge >= 0.3 is 0 Å². The van der Waals surface area contributed by atoms with Crippen molar-refractivity contribution in [3.05, 3.63) is 59.7 Å². The standard InChI is InChI=1S/C19H16F2N2O4/c20-15-2-1-3-16(21)14(15)10-27-13-6-4-12(5-7-13)23-9-11(8-17(23)24)18(25)19(22)26/h1-7,11H,8-10H2,(H2,22,26). The van der Waals surface area contributed by atoms with Crippen LogP contribution in [0.2, 0.25) is 0 Å². The first-order valence-electron chi connectivity index (χ1n) is 8.16. The summed E-state index contributed by atoms with van der Waals surface area (Å²) < 4.78 is 32.6. The molecule has 2 amide bonds. The number of nitrogens with zero attached hydrogens (tertiary/aromatic N) is 1. The Bertz CT molecular complexity index is 879. The van der Waals surface area contributed by atoms with Crippen LogP contribution in [0.4, 0.5) is 14.5 Å². The molecule has 2 aromatic carbocycles. The molecule has 1 fully saturated rings. The second-order valence-electron chi connectivity index (χ2n) is 6.12. The highest BCUT2D eigenvalue weighted by Crippen LogP contribution is 2.27. The normalized spacial score (nSPS) is 16.4. The molecule has 1 unspecified atom stereocenters. The first-order valence-corrected chi connectivity index (χ1v) is 8.16. The number of hydrogen-bond acceptors (Lipinski definition) is 4. The van der Waals surface area contributed by atoms with Crippen molar-refractivity contribution in [2.24, 2.45) is 11.7 Å². The summed E-state index contributed by atoms with van der Waals surface area (Å²) in [5.74, 6) is -3.90. The molecule has 2 aromatic rings. The average molecular weight is 374 g/mol. The van der Waals surface area contributed by atoms with Crippen molar-refractivity contribution in [3.63, 3.8) is 0 Å². The Balaban J connectivity index is 1.66. The molecular formula is C19H16F2N2O4. The summed E-state index contributed by atoms with van der Waals surface area (Å²) in [6, 6.07) is 9.83. The minimum Gasteiger partial charge on any atom is -0.489 e. The van der Waals surface area contributed by atoms with E-state index in [0.29, 0.717) is 11.4 Å². The smallest absolute Gasteiger partial charge is 0.285 e. The number of ether oxygens (including phenoxy) is 1. The molecule has 3 rings (SSSR count). The van der Waals surface area contributed by atoms with E-state index in [1.807, 2.05) is 0 Å². The summed E-state index contributed by atoms with van der Waals surface area (Å²) in [7, 11) is 0. The van der Waals surface area contributed by atoms with Crippen LogP contribution in [0.1, 0.15) is 12.0 Å². The average Bonchev–Trinajstić information content (AvgIpc) is 3.02. The molecule has 1 aliphatic heterocycles. The van der Waals surface area contributed by atoms with Gasteiger partial charge in [-0.05, 0) is 36.4 Å². The number of rotatable bonds is 6. The van der Waals surface area contributed by atoms with Crippen LogP contribution in [0.15, 0.2) is 42.5 Å². The maximum Gasteiger partial charge on any atom is 0.285 e. The predicted octanol–water partition coefficient (Wildman–Crippen LogP) is 1.95. The zero-order chi connectivity index (χ0) is 19.6. The minimum atomic E-state index is -1.06. The van der Waals surface area contributed by atoms with E-state index in [-0.39, 0.29) is 31.0 Å². The Morgan fingerprint density at radius 2 is 1.74 bits per heavy atom. The summed E-state index contributed by atoms with van der Waals surface area (Å²) in [6.07, 6.45) is -0.0768. The molecule has 0 bridgehead atoms. The highest BCUT2D eigenvalue weighted by atomic mass is 19.1. The largest absolute Gasteiger partial charge is 0.489 e. The van der Waals surface area contributed by atoms with Gasteiger partial charge in [0.1, 0.15) is 24.0 Å². The van der Waals surface area contributed by atoms with E-state index in [0.717, 1.165) is 12.1 Å². The Morgan fingerprint density at radius 3 is 2.33 bits per heavy atom. The number of primary amides is 1. The topological polar surface area (TPSA) is 89.7 Å². The van der Waals surface area contributed by atoms with E-state index < -0.39 is 29.2 Å². The molecular weight excluding hydrogens is 358 g/mol. The Kier molecular flexibility index (Phi) is 5.16. The van der Waals surface area contributed by atoms with Gasteiger partial charge in [-0.1, -0.05) is 6.07 Å². The van der Waals surface area contributed by atoms with Crippen molar-refractivity contribution >= 4 is 23.3 Å². The summed E-state index contributed by atoms with van der Waals surface area (Å²) in [5.41, 5.74) is 5.32. The van der Waals surface area contributed by atoms with Gasteiger partial charge in [-0.15, -0.1) is 0 Å². The van der Waals surface area contributed by atoms with Gasteiger partial charge in [0.15, 0.2) is 0 Å². The molecule has 140 valence electrons. The van der Waals surface area contributed by atoms with Crippen LogP contribution < -0.4 is 15.4 Å². The fourth-order valence-electron chi connectivity index (χ4n) is 2.88. The maximum atomic E-state index is 13.6. The fourth-order valence-corrected chi connectivity index (χ4v) is 2.88.